The van der Waals surface area contributed by atoms with E-state index in [1.54, 1.807) is 42.5 Å². The molecule has 0 aliphatic rings. The summed E-state index contributed by atoms with van der Waals surface area (Å²) in [5, 5.41) is 0. The number of nitrogens with one attached hydrogen (secondary N) is 2. The lowest BCUT2D eigenvalue weighted by molar-refractivity contribution is -0.146. The van der Waals surface area contributed by atoms with Crippen molar-refractivity contribution in [3.8, 4) is 0 Å². The van der Waals surface area contributed by atoms with Gasteiger partial charge in [-0.2, -0.15) is 17.9 Å². The molecule has 7 heteroatoms. The molecule has 0 spiro atoms. The number of aryl methyl sites for hydroxylation is 1. The van der Waals surface area contributed by atoms with Crippen LogP contribution in [0.5, 0.6) is 0 Å². The molecular weight excluding hydrogens is 472 g/mol. The van der Waals surface area contributed by atoms with Crippen molar-refractivity contribution < 1.29 is 17.9 Å². The van der Waals surface area contributed by atoms with Crippen molar-refractivity contribution >= 4 is 16.2 Å². The average molecular weight is 501 g/mol. The molecule has 0 bridgehead atoms. The van der Waals surface area contributed by atoms with Gasteiger partial charge in [0.25, 0.3) is 10.2 Å². The molecule has 0 aromatic heterocycles. The van der Waals surface area contributed by atoms with Crippen molar-refractivity contribution in [3.63, 3.8) is 0 Å². The van der Waals surface area contributed by atoms with Crippen LogP contribution in [0.1, 0.15) is 33.9 Å². The summed E-state index contributed by atoms with van der Waals surface area (Å²) >= 11 is 0. The molecule has 4 aromatic rings. The molecule has 0 aliphatic heterocycles. The van der Waals surface area contributed by atoms with E-state index in [-0.39, 0.29) is 0 Å². The first kappa shape index (κ1) is 25.3. The number of esters is 1. The maximum atomic E-state index is 13.8. The van der Waals surface area contributed by atoms with Gasteiger partial charge in [0.1, 0.15) is 0 Å². The number of carbonyl (C=O) groups excluding carboxylic acids is 1. The Hall–Kier alpha value is -3.78. The van der Waals surface area contributed by atoms with E-state index in [2.05, 4.69) is 9.44 Å². The molecule has 2 N–H and O–H groups in total. The van der Waals surface area contributed by atoms with Crippen molar-refractivity contribution in [2.45, 2.75) is 18.5 Å². The maximum Gasteiger partial charge on any atom is 0.336 e. The van der Waals surface area contributed by atoms with Crippen LogP contribution in [0.15, 0.2) is 115 Å². The molecule has 1 atom stereocenters. The fraction of sp³-hybridized carbons (Fsp3) is 0.138. The van der Waals surface area contributed by atoms with Gasteiger partial charge in [-0.3, -0.25) is 0 Å². The number of rotatable bonds is 9. The lowest BCUT2D eigenvalue weighted by Crippen LogP contribution is -2.56. The Balaban J connectivity index is 1.83. The van der Waals surface area contributed by atoms with Gasteiger partial charge in [-0.25, -0.2) is 4.79 Å². The Morgan fingerprint density at radius 2 is 1.17 bits per heavy atom. The second kappa shape index (κ2) is 10.9. The molecular formula is C29H28N2O4S. The highest BCUT2D eigenvalue weighted by molar-refractivity contribution is 7.87. The highest BCUT2D eigenvalue weighted by Crippen LogP contribution is 2.33. The number of ether oxygens (including phenoxy) is 1. The molecule has 0 aliphatic carbocycles. The van der Waals surface area contributed by atoms with Crippen LogP contribution in [-0.4, -0.2) is 21.5 Å². The zero-order valence-electron chi connectivity index (χ0n) is 20.1. The van der Waals surface area contributed by atoms with Crippen molar-refractivity contribution in [3.05, 3.63) is 143 Å². The third kappa shape index (κ3) is 5.39. The van der Waals surface area contributed by atoms with E-state index in [4.69, 9.17) is 4.74 Å². The number of carbonyl (C=O) groups is 1. The van der Waals surface area contributed by atoms with Gasteiger partial charge in [0.05, 0.1) is 13.2 Å². The van der Waals surface area contributed by atoms with Gasteiger partial charge in [0.15, 0.2) is 5.54 Å². The zero-order chi connectivity index (χ0) is 25.6. The summed E-state index contributed by atoms with van der Waals surface area (Å²) < 4.78 is 38.2. The molecule has 184 valence electrons. The lowest BCUT2D eigenvalue weighted by atomic mass is 9.83. The van der Waals surface area contributed by atoms with Crippen LogP contribution >= 0.6 is 0 Å². The molecule has 0 radical (unpaired) electrons. The Labute approximate surface area is 212 Å². The Morgan fingerprint density at radius 1 is 0.722 bits per heavy atom. The molecule has 1 unspecified atom stereocenters. The smallest absolute Gasteiger partial charge is 0.336 e. The Bertz CT molecular complexity index is 1350. The van der Waals surface area contributed by atoms with E-state index in [0.29, 0.717) is 11.1 Å². The minimum Gasteiger partial charge on any atom is -0.467 e. The van der Waals surface area contributed by atoms with Crippen LogP contribution in [0.2, 0.25) is 0 Å². The van der Waals surface area contributed by atoms with E-state index in [1.807, 2.05) is 79.7 Å². The van der Waals surface area contributed by atoms with Crippen molar-refractivity contribution in [2.24, 2.45) is 0 Å². The second-order valence-corrected chi connectivity index (χ2v) is 9.90. The topological polar surface area (TPSA) is 84.5 Å². The molecule has 0 saturated heterocycles. The normalized spacial score (nSPS) is 13.2. The SMILES string of the molecule is COC(=O)C(NS(=O)(=O)NC(c1ccccc1)c1ccccc1)(c1ccccc1)c1ccc(C)cc1. The summed E-state index contributed by atoms with van der Waals surface area (Å²) in [6, 6.07) is 33.7. The largest absolute Gasteiger partial charge is 0.467 e. The molecule has 6 nitrogen and oxygen atoms in total. The van der Waals surface area contributed by atoms with Crippen molar-refractivity contribution in [1.29, 1.82) is 0 Å². The summed E-state index contributed by atoms with van der Waals surface area (Å²) in [7, 11) is -3.05. The molecule has 0 heterocycles. The van der Waals surface area contributed by atoms with Gasteiger partial charge in [-0.1, -0.05) is 121 Å². The predicted octanol–water partition coefficient (Wildman–Crippen LogP) is 4.63. The third-order valence-corrected chi connectivity index (χ3v) is 7.13. The minimum absolute atomic E-state index is 0.432. The first-order valence-electron chi connectivity index (χ1n) is 11.5. The van der Waals surface area contributed by atoms with E-state index in [0.717, 1.165) is 16.7 Å². The van der Waals surface area contributed by atoms with Crippen LogP contribution in [-0.2, 0) is 25.3 Å². The number of hydrogen-bond donors (Lipinski definition) is 2. The van der Waals surface area contributed by atoms with Gasteiger partial charge < -0.3 is 4.74 Å². The van der Waals surface area contributed by atoms with Crippen LogP contribution < -0.4 is 9.44 Å². The van der Waals surface area contributed by atoms with Gasteiger partial charge in [0.2, 0.25) is 0 Å². The quantitative estimate of drug-likeness (QED) is 0.328. The fourth-order valence-electron chi connectivity index (χ4n) is 4.21. The predicted molar refractivity (Wildman–Crippen MR) is 140 cm³/mol. The number of benzene rings is 4. The molecule has 36 heavy (non-hydrogen) atoms. The van der Waals surface area contributed by atoms with Gasteiger partial charge in [-0.15, -0.1) is 0 Å². The Kier molecular flexibility index (Phi) is 7.64. The molecule has 0 amide bonds. The van der Waals surface area contributed by atoms with E-state index in [1.165, 1.54) is 7.11 Å². The zero-order valence-corrected chi connectivity index (χ0v) is 20.9. The summed E-state index contributed by atoms with van der Waals surface area (Å²) in [5.74, 6) is -0.751. The maximum absolute atomic E-state index is 13.8. The second-order valence-electron chi connectivity index (χ2n) is 8.45. The van der Waals surface area contributed by atoms with Crippen LogP contribution in [0, 0.1) is 6.92 Å². The van der Waals surface area contributed by atoms with Gasteiger partial charge in [-0.05, 0) is 29.2 Å². The monoisotopic (exact) mass is 500 g/mol. The molecule has 0 fully saturated rings. The van der Waals surface area contributed by atoms with Crippen LogP contribution in [0.25, 0.3) is 0 Å². The summed E-state index contributed by atoms with van der Waals surface area (Å²) in [5.41, 5.74) is 1.54. The van der Waals surface area contributed by atoms with E-state index >= 15 is 0 Å². The summed E-state index contributed by atoms with van der Waals surface area (Å²) in [6.45, 7) is 1.92. The summed E-state index contributed by atoms with van der Waals surface area (Å²) in [4.78, 5) is 13.4. The lowest BCUT2D eigenvalue weighted by Gasteiger charge is -2.33. The minimum atomic E-state index is -4.30. The van der Waals surface area contributed by atoms with Gasteiger partial charge >= 0.3 is 5.97 Å². The highest BCUT2D eigenvalue weighted by Gasteiger charge is 2.47. The molecule has 0 saturated carbocycles. The number of hydrogen-bond acceptors (Lipinski definition) is 4. The standard InChI is InChI=1S/C29H28N2O4S/c1-22-18-20-26(21-19-22)29(28(32)35-2,25-16-10-5-11-17-25)31-36(33,34)30-27(23-12-6-3-7-13-23)24-14-8-4-9-15-24/h3-21,27,30-31H,1-2H3. The first-order chi connectivity index (χ1) is 17.4. The van der Waals surface area contributed by atoms with Crippen molar-refractivity contribution in [2.75, 3.05) is 7.11 Å². The fourth-order valence-corrected chi connectivity index (χ4v) is 5.58. The average Bonchev–Trinajstić information content (AvgIpc) is 2.92. The van der Waals surface area contributed by atoms with Crippen LogP contribution in [0.4, 0.5) is 0 Å². The van der Waals surface area contributed by atoms with Gasteiger partial charge in [0, 0.05) is 0 Å². The van der Waals surface area contributed by atoms with E-state index in [9.17, 15) is 13.2 Å². The third-order valence-electron chi connectivity index (χ3n) is 6.01. The molecule has 4 aromatic carbocycles. The van der Waals surface area contributed by atoms with Crippen LogP contribution in [0.3, 0.4) is 0 Å². The Morgan fingerprint density at radius 3 is 1.64 bits per heavy atom. The first-order valence-corrected chi connectivity index (χ1v) is 13.0. The summed E-state index contributed by atoms with van der Waals surface area (Å²) in [6.07, 6.45) is 0. The van der Waals surface area contributed by atoms with Crippen molar-refractivity contribution in [1.82, 2.24) is 9.44 Å². The number of methoxy groups -OCH3 is 1. The molecule has 4 rings (SSSR count). The van der Waals surface area contributed by atoms with E-state index < -0.39 is 27.8 Å². The highest BCUT2D eigenvalue weighted by atomic mass is 32.2.